The largest absolute Gasteiger partial charge is 0.508 e. The fourth-order valence-electron chi connectivity index (χ4n) is 7.55. The van der Waals surface area contributed by atoms with Crippen LogP contribution in [0.25, 0.3) is 5.57 Å². The van der Waals surface area contributed by atoms with Gasteiger partial charge < -0.3 is 9.47 Å². The van der Waals surface area contributed by atoms with Gasteiger partial charge in [-0.3, -0.25) is 4.98 Å². The molecule has 1 aromatic rings. The number of carbonyl (C=O) groups is 1. The van der Waals surface area contributed by atoms with Gasteiger partial charge in [-0.15, -0.1) is 0 Å². The van der Waals surface area contributed by atoms with Crippen LogP contribution in [-0.4, -0.2) is 23.9 Å². The lowest BCUT2D eigenvalue weighted by molar-refractivity contribution is -0.0353. The number of rotatable bonds is 3. The molecule has 0 radical (unpaired) electrons. The summed E-state index contributed by atoms with van der Waals surface area (Å²) in [7, 11) is 0. The highest BCUT2D eigenvalue weighted by atomic mass is 16.7. The third-order valence-corrected chi connectivity index (χ3v) is 9.14. The molecule has 6 atom stereocenters. The van der Waals surface area contributed by atoms with E-state index in [-0.39, 0.29) is 16.9 Å². The number of allylic oxidation sites excluding steroid dienone is 3. The molecule has 0 aliphatic heterocycles. The van der Waals surface area contributed by atoms with E-state index < -0.39 is 6.16 Å². The Bertz CT molecular complexity index is 906. The van der Waals surface area contributed by atoms with Crippen LogP contribution in [0.5, 0.6) is 0 Å². The molecule has 2 fully saturated rings. The fourth-order valence-corrected chi connectivity index (χ4v) is 7.55. The normalized spacial score (nSPS) is 38.8. The Morgan fingerprint density at radius 1 is 1.13 bits per heavy atom. The highest BCUT2D eigenvalue weighted by Crippen LogP contribution is 2.66. The molecular weight excluding hydrogens is 386 g/mol. The number of hydrogen-bond donors (Lipinski definition) is 0. The lowest BCUT2D eigenvalue weighted by Crippen LogP contribution is -2.50. The molecule has 0 aromatic carbocycles. The summed E-state index contributed by atoms with van der Waals surface area (Å²) in [6.07, 6.45) is 16.2. The van der Waals surface area contributed by atoms with Crippen LogP contribution in [-0.2, 0) is 9.47 Å². The van der Waals surface area contributed by atoms with Gasteiger partial charge in [0.1, 0.15) is 6.10 Å². The molecule has 4 heteroatoms. The lowest BCUT2D eigenvalue weighted by atomic mass is 9.47. The van der Waals surface area contributed by atoms with Crippen molar-refractivity contribution in [1.82, 2.24) is 4.98 Å². The van der Waals surface area contributed by atoms with Crippen molar-refractivity contribution in [2.45, 2.75) is 71.8 Å². The first-order chi connectivity index (χ1) is 15.0. The molecule has 4 nitrogen and oxygen atoms in total. The van der Waals surface area contributed by atoms with Crippen LogP contribution in [0.3, 0.4) is 0 Å². The molecule has 2 saturated carbocycles. The van der Waals surface area contributed by atoms with Gasteiger partial charge in [-0.2, -0.15) is 0 Å². The molecule has 4 aliphatic rings. The van der Waals surface area contributed by atoms with Crippen molar-refractivity contribution >= 4 is 11.7 Å². The van der Waals surface area contributed by atoms with Crippen molar-refractivity contribution in [1.29, 1.82) is 0 Å². The second-order valence-electron chi connectivity index (χ2n) is 10.5. The molecule has 0 spiro atoms. The van der Waals surface area contributed by atoms with Crippen molar-refractivity contribution in [3.63, 3.8) is 0 Å². The van der Waals surface area contributed by atoms with Crippen LogP contribution in [0, 0.1) is 28.6 Å². The number of carbonyl (C=O) groups excluding carboxylic acids is 1. The smallest absolute Gasteiger partial charge is 0.435 e. The Hall–Kier alpha value is -2.10. The summed E-state index contributed by atoms with van der Waals surface area (Å²) in [5.74, 6) is 2.18. The van der Waals surface area contributed by atoms with Gasteiger partial charge in [-0.05, 0) is 91.2 Å². The molecule has 31 heavy (non-hydrogen) atoms. The maximum absolute atomic E-state index is 11.8. The Labute approximate surface area is 186 Å². The first-order valence-corrected chi connectivity index (χ1v) is 12.1. The highest BCUT2D eigenvalue weighted by molar-refractivity contribution is 5.72. The van der Waals surface area contributed by atoms with E-state index >= 15 is 0 Å². The number of hydrogen-bond acceptors (Lipinski definition) is 4. The van der Waals surface area contributed by atoms with Crippen molar-refractivity contribution in [3.05, 3.63) is 47.8 Å². The van der Waals surface area contributed by atoms with Crippen LogP contribution in [0.2, 0.25) is 0 Å². The maximum atomic E-state index is 11.8. The SMILES string of the molecule is CCOC(=O)OC1CCC2(C)C(=CCC3C2CCC2(C)C(c4cccnc4)=CCC32)C1. The predicted octanol–water partition coefficient (Wildman–Crippen LogP) is 6.58. The van der Waals surface area contributed by atoms with Crippen LogP contribution >= 0.6 is 0 Å². The third kappa shape index (κ3) is 3.34. The molecule has 4 aliphatic carbocycles. The average Bonchev–Trinajstić information content (AvgIpc) is 3.12. The van der Waals surface area contributed by atoms with Gasteiger partial charge in [0.05, 0.1) is 6.61 Å². The van der Waals surface area contributed by atoms with Crippen LogP contribution in [0.15, 0.2) is 42.3 Å². The summed E-state index contributed by atoms with van der Waals surface area (Å²) in [6.45, 7) is 7.18. The second-order valence-corrected chi connectivity index (χ2v) is 10.5. The van der Waals surface area contributed by atoms with Gasteiger partial charge in [0.25, 0.3) is 0 Å². The Balaban J connectivity index is 1.35. The summed E-state index contributed by atoms with van der Waals surface area (Å²) in [4.78, 5) is 16.2. The minimum Gasteiger partial charge on any atom is -0.435 e. The maximum Gasteiger partial charge on any atom is 0.508 e. The zero-order valence-corrected chi connectivity index (χ0v) is 19.1. The first-order valence-electron chi connectivity index (χ1n) is 12.1. The summed E-state index contributed by atoms with van der Waals surface area (Å²) in [5.41, 5.74) is 4.86. The monoisotopic (exact) mass is 421 g/mol. The van der Waals surface area contributed by atoms with Crippen LogP contribution < -0.4 is 0 Å². The lowest BCUT2D eigenvalue weighted by Gasteiger charge is -2.57. The molecule has 0 N–H and O–H groups in total. The molecule has 0 saturated heterocycles. The standard InChI is InChI=1S/C27H35NO3/c1-4-30-25(29)31-20-11-13-26(2)19(16-20)7-8-21-23-10-9-22(18-6-5-15-28-17-18)27(23,3)14-12-24(21)26/h5-7,9,15,17,20-21,23-24H,4,8,10-14,16H2,1-3H3. The Morgan fingerprint density at radius 3 is 2.74 bits per heavy atom. The van der Waals surface area contributed by atoms with E-state index in [0.29, 0.717) is 12.5 Å². The van der Waals surface area contributed by atoms with E-state index in [9.17, 15) is 4.79 Å². The molecule has 0 amide bonds. The van der Waals surface area contributed by atoms with E-state index in [0.717, 1.165) is 37.5 Å². The molecule has 0 bridgehead atoms. The van der Waals surface area contributed by atoms with Gasteiger partial charge in [0.15, 0.2) is 0 Å². The van der Waals surface area contributed by atoms with Gasteiger partial charge in [-0.1, -0.05) is 37.6 Å². The molecule has 1 heterocycles. The summed E-state index contributed by atoms with van der Waals surface area (Å²) >= 11 is 0. The number of pyridine rings is 1. The third-order valence-electron chi connectivity index (χ3n) is 9.14. The molecule has 1 aromatic heterocycles. The Morgan fingerprint density at radius 2 is 1.97 bits per heavy atom. The summed E-state index contributed by atoms with van der Waals surface area (Å²) < 4.78 is 10.6. The minimum absolute atomic E-state index is 0.0332. The number of fused-ring (bicyclic) bond motifs is 5. The average molecular weight is 422 g/mol. The summed E-state index contributed by atoms with van der Waals surface area (Å²) in [6, 6.07) is 4.29. The van der Waals surface area contributed by atoms with Crippen molar-refractivity contribution in [3.8, 4) is 0 Å². The highest BCUT2D eigenvalue weighted by Gasteiger charge is 2.57. The van der Waals surface area contributed by atoms with Gasteiger partial charge >= 0.3 is 6.16 Å². The molecule has 5 rings (SSSR count). The minimum atomic E-state index is -0.515. The van der Waals surface area contributed by atoms with E-state index in [1.54, 1.807) is 0 Å². The van der Waals surface area contributed by atoms with Crippen molar-refractivity contribution in [2.24, 2.45) is 28.6 Å². The zero-order chi connectivity index (χ0) is 21.6. The Kier molecular flexibility index (Phi) is 5.22. The van der Waals surface area contributed by atoms with E-state index in [1.165, 1.54) is 36.0 Å². The van der Waals surface area contributed by atoms with Crippen LogP contribution in [0.4, 0.5) is 4.79 Å². The summed E-state index contributed by atoms with van der Waals surface area (Å²) in [5, 5.41) is 0. The second kappa shape index (κ2) is 7.79. The topological polar surface area (TPSA) is 48.4 Å². The van der Waals surface area contributed by atoms with Crippen molar-refractivity contribution < 1.29 is 14.3 Å². The first kappa shape index (κ1) is 20.8. The molecule has 6 unspecified atom stereocenters. The van der Waals surface area contributed by atoms with E-state index in [4.69, 9.17) is 9.47 Å². The quantitative estimate of drug-likeness (QED) is 0.408. The molecular formula is C27H35NO3. The van der Waals surface area contributed by atoms with E-state index in [1.807, 2.05) is 19.3 Å². The van der Waals surface area contributed by atoms with E-state index in [2.05, 4.69) is 43.1 Å². The van der Waals surface area contributed by atoms with Gasteiger partial charge in [-0.25, -0.2) is 4.79 Å². The molecule has 166 valence electrons. The number of nitrogens with zero attached hydrogens (tertiary/aromatic N) is 1. The fraction of sp³-hybridized carbons (Fsp3) is 0.630. The van der Waals surface area contributed by atoms with Gasteiger partial charge in [0.2, 0.25) is 0 Å². The zero-order valence-electron chi connectivity index (χ0n) is 19.1. The van der Waals surface area contributed by atoms with Gasteiger partial charge in [0, 0.05) is 18.8 Å². The number of ether oxygens (including phenoxy) is 2. The number of aromatic nitrogens is 1. The van der Waals surface area contributed by atoms with Crippen molar-refractivity contribution in [2.75, 3.05) is 6.61 Å². The predicted molar refractivity (Wildman–Crippen MR) is 121 cm³/mol. The van der Waals surface area contributed by atoms with Crippen LogP contribution in [0.1, 0.15) is 71.3 Å².